The van der Waals surface area contributed by atoms with Crippen molar-refractivity contribution in [2.75, 3.05) is 13.7 Å². The number of carbonyl (C=O) groups is 2. The second-order valence-electron chi connectivity index (χ2n) is 6.00. The maximum absolute atomic E-state index is 12.7. The number of amides is 3. The Morgan fingerprint density at radius 1 is 1.20 bits per heavy atom. The van der Waals surface area contributed by atoms with Crippen molar-refractivity contribution in [2.45, 2.75) is 19.0 Å². The highest BCUT2D eigenvalue weighted by Crippen LogP contribution is 2.34. The number of nitrogens with two attached hydrogens (primary N) is 1. The summed E-state index contributed by atoms with van der Waals surface area (Å²) < 4.78 is 5.29. The summed E-state index contributed by atoms with van der Waals surface area (Å²) >= 11 is 0. The third-order valence-electron chi connectivity index (χ3n) is 4.46. The van der Waals surface area contributed by atoms with E-state index in [9.17, 15) is 9.59 Å². The standard InChI is InChI=1S/C19H21N3O3/c1-25-16-8-7-14-10-17(13-5-3-2-4-6-13)22(12-15(14)9-16)18(23)11-21-19(20)24/h2-9,17H,10-12H2,1H3,(H3,20,21,24)/t17-/m1/s1. The van der Waals surface area contributed by atoms with E-state index in [0.29, 0.717) is 13.0 Å². The molecule has 1 aliphatic heterocycles. The van der Waals surface area contributed by atoms with Crippen LogP contribution in [0.2, 0.25) is 0 Å². The Kier molecular flexibility index (Phi) is 4.88. The van der Waals surface area contributed by atoms with Crippen LogP contribution in [0.3, 0.4) is 0 Å². The molecule has 0 aromatic heterocycles. The molecular weight excluding hydrogens is 318 g/mol. The molecule has 0 radical (unpaired) electrons. The molecule has 0 bridgehead atoms. The molecule has 2 aromatic rings. The molecule has 1 heterocycles. The fourth-order valence-electron chi connectivity index (χ4n) is 3.19. The monoisotopic (exact) mass is 339 g/mol. The van der Waals surface area contributed by atoms with Gasteiger partial charge in [0.1, 0.15) is 5.75 Å². The van der Waals surface area contributed by atoms with Crippen LogP contribution in [-0.4, -0.2) is 30.5 Å². The fourth-order valence-corrected chi connectivity index (χ4v) is 3.19. The zero-order valence-electron chi connectivity index (χ0n) is 14.1. The van der Waals surface area contributed by atoms with Crippen LogP contribution < -0.4 is 15.8 Å². The van der Waals surface area contributed by atoms with Gasteiger partial charge in [-0.2, -0.15) is 0 Å². The maximum atomic E-state index is 12.7. The molecule has 1 aliphatic rings. The Hall–Kier alpha value is -3.02. The van der Waals surface area contributed by atoms with E-state index in [1.807, 2.05) is 48.5 Å². The number of primary amides is 1. The summed E-state index contributed by atoms with van der Waals surface area (Å²) in [6.07, 6.45) is 0.714. The van der Waals surface area contributed by atoms with Gasteiger partial charge in [-0.3, -0.25) is 4.79 Å². The van der Waals surface area contributed by atoms with Gasteiger partial charge in [0.25, 0.3) is 0 Å². The first-order valence-electron chi connectivity index (χ1n) is 8.12. The summed E-state index contributed by atoms with van der Waals surface area (Å²) in [4.78, 5) is 25.4. The van der Waals surface area contributed by atoms with Crippen molar-refractivity contribution in [3.05, 3.63) is 65.2 Å². The van der Waals surface area contributed by atoms with Crippen LogP contribution >= 0.6 is 0 Å². The van der Waals surface area contributed by atoms with Gasteiger partial charge in [0.05, 0.1) is 19.7 Å². The SMILES string of the molecule is COc1ccc2c(c1)CN(C(=O)CNC(N)=O)[C@@H](c1ccccc1)C2. The van der Waals surface area contributed by atoms with Crippen LogP contribution in [0.4, 0.5) is 4.79 Å². The van der Waals surface area contributed by atoms with Crippen molar-refractivity contribution >= 4 is 11.9 Å². The first kappa shape index (κ1) is 16.8. The third-order valence-corrected chi connectivity index (χ3v) is 4.46. The largest absolute Gasteiger partial charge is 0.497 e. The molecule has 1 atom stereocenters. The van der Waals surface area contributed by atoms with Crippen LogP contribution in [0.1, 0.15) is 22.7 Å². The Labute approximate surface area is 146 Å². The molecular formula is C19H21N3O3. The lowest BCUT2D eigenvalue weighted by atomic mass is 9.89. The van der Waals surface area contributed by atoms with Gasteiger partial charge in [0.15, 0.2) is 0 Å². The van der Waals surface area contributed by atoms with E-state index in [0.717, 1.165) is 16.9 Å². The van der Waals surface area contributed by atoms with Gasteiger partial charge < -0.3 is 20.7 Å². The van der Waals surface area contributed by atoms with Crippen molar-refractivity contribution in [2.24, 2.45) is 5.73 Å². The van der Waals surface area contributed by atoms with Crippen molar-refractivity contribution in [3.63, 3.8) is 0 Å². The Balaban J connectivity index is 1.92. The highest BCUT2D eigenvalue weighted by Gasteiger charge is 2.31. The van der Waals surface area contributed by atoms with Gasteiger partial charge >= 0.3 is 6.03 Å². The molecule has 0 saturated carbocycles. The van der Waals surface area contributed by atoms with E-state index in [1.165, 1.54) is 5.56 Å². The smallest absolute Gasteiger partial charge is 0.312 e. The van der Waals surface area contributed by atoms with Crippen LogP contribution in [0, 0.1) is 0 Å². The molecule has 0 spiro atoms. The molecule has 2 aromatic carbocycles. The van der Waals surface area contributed by atoms with E-state index >= 15 is 0 Å². The molecule has 0 saturated heterocycles. The molecule has 6 heteroatoms. The molecule has 0 unspecified atom stereocenters. The van der Waals surface area contributed by atoms with Crippen molar-refractivity contribution in [1.82, 2.24) is 10.2 Å². The highest BCUT2D eigenvalue weighted by molar-refractivity contribution is 5.84. The minimum atomic E-state index is -0.705. The molecule has 0 aliphatic carbocycles. The van der Waals surface area contributed by atoms with E-state index in [-0.39, 0.29) is 18.5 Å². The van der Waals surface area contributed by atoms with Gasteiger partial charge in [-0.15, -0.1) is 0 Å². The maximum Gasteiger partial charge on any atom is 0.312 e. The average molecular weight is 339 g/mol. The van der Waals surface area contributed by atoms with Gasteiger partial charge in [-0.1, -0.05) is 36.4 Å². The predicted molar refractivity (Wildman–Crippen MR) is 94.0 cm³/mol. The summed E-state index contributed by atoms with van der Waals surface area (Å²) in [6, 6.07) is 15.1. The zero-order valence-corrected chi connectivity index (χ0v) is 14.1. The first-order chi connectivity index (χ1) is 12.1. The lowest BCUT2D eigenvalue weighted by Gasteiger charge is -2.37. The number of methoxy groups -OCH3 is 1. The predicted octanol–water partition coefficient (Wildman–Crippen LogP) is 1.99. The first-order valence-corrected chi connectivity index (χ1v) is 8.12. The number of fused-ring (bicyclic) bond motifs is 1. The van der Waals surface area contributed by atoms with Crippen molar-refractivity contribution < 1.29 is 14.3 Å². The number of nitrogens with one attached hydrogen (secondary N) is 1. The molecule has 130 valence electrons. The van der Waals surface area contributed by atoms with Gasteiger partial charge in [0, 0.05) is 6.54 Å². The molecule has 0 fully saturated rings. The minimum absolute atomic E-state index is 0.0794. The van der Waals surface area contributed by atoms with Crippen molar-refractivity contribution in [1.29, 1.82) is 0 Å². The molecule has 6 nitrogen and oxygen atoms in total. The average Bonchev–Trinajstić information content (AvgIpc) is 2.65. The zero-order chi connectivity index (χ0) is 17.8. The third kappa shape index (κ3) is 3.74. The number of hydrogen-bond donors (Lipinski definition) is 2. The molecule has 25 heavy (non-hydrogen) atoms. The summed E-state index contributed by atoms with van der Waals surface area (Å²) in [5.41, 5.74) is 8.41. The lowest BCUT2D eigenvalue weighted by Crippen LogP contribution is -2.45. The number of rotatable bonds is 4. The summed E-state index contributed by atoms with van der Waals surface area (Å²) in [7, 11) is 1.62. The number of hydrogen-bond acceptors (Lipinski definition) is 3. The second kappa shape index (κ2) is 7.25. The van der Waals surface area contributed by atoms with Crippen molar-refractivity contribution in [3.8, 4) is 5.75 Å². The molecule has 3 rings (SSSR count). The number of ether oxygens (including phenoxy) is 1. The van der Waals surface area contributed by atoms with Crippen LogP contribution in [0.15, 0.2) is 48.5 Å². The summed E-state index contributed by atoms with van der Waals surface area (Å²) in [6.45, 7) is 0.351. The summed E-state index contributed by atoms with van der Waals surface area (Å²) in [5.74, 6) is 0.598. The van der Waals surface area contributed by atoms with E-state index in [1.54, 1.807) is 12.0 Å². The Morgan fingerprint density at radius 2 is 1.96 bits per heavy atom. The van der Waals surface area contributed by atoms with Gasteiger partial charge in [0.2, 0.25) is 5.91 Å². The quantitative estimate of drug-likeness (QED) is 0.893. The van der Waals surface area contributed by atoms with Crippen LogP contribution in [-0.2, 0) is 17.8 Å². The Morgan fingerprint density at radius 3 is 2.64 bits per heavy atom. The van der Waals surface area contributed by atoms with Crippen LogP contribution in [0.25, 0.3) is 0 Å². The topological polar surface area (TPSA) is 84.7 Å². The fraction of sp³-hybridized carbons (Fsp3) is 0.263. The minimum Gasteiger partial charge on any atom is -0.497 e. The highest BCUT2D eigenvalue weighted by atomic mass is 16.5. The van der Waals surface area contributed by atoms with E-state index in [2.05, 4.69) is 5.32 Å². The molecule has 3 N–H and O–H groups in total. The van der Waals surface area contributed by atoms with Crippen LogP contribution in [0.5, 0.6) is 5.75 Å². The summed E-state index contributed by atoms with van der Waals surface area (Å²) in [5, 5.41) is 2.38. The lowest BCUT2D eigenvalue weighted by molar-refractivity contribution is -0.133. The molecule has 3 amide bonds. The number of benzene rings is 2. The Bertz CT molecular complexity index is 777. The number of urea groups is 1. The number of nitrogens with zero attached hydrogens (tertiary/aromatic N) is 1. The second-order valence-corrected chi connectivity index (χ2v) is 6.00. The normalized spacial score (nSPS) is 16.0. The van der Waals surface area contributed by atoms with E-state index in [4.69, 9.17) is 10.5 Å². The van der Waals surface area contributed by atoms with Gasteiger partial charge in [-0.05, 0) is 35.2 Å². The number of carbonyl (C=O) groups excluding carboxylic acids is 2. The van der Waals surface area contributed by atoms with Gasteiger partial charge in [-0.25, -0.2) is 4.79 Å². The van der Waals surface area contributed by atoms with E-state index < -0.39 is 6.03 Å².